The van der Waals surface area contributed by atoms with Crippen molar-refractivity contribution in [2.45, 2.75) is 44.6 Å². The van der Waals surface area contributed by atoms with Gasteiger partial charge in [-0.15, -0.1) is 0 Å². The number of nitrogens with one attached hydrogen (secondary N) is 1. The first-order valence-electron chi connectivity index (χ1n) is 5.63. The van der Waals surface area contributed by atoms with Crippen LogP contribution in [-0.2, 0) is 4.74 Å². The summed E-state index contributed by atoms with van der Waals surface area (Å²) >= 11 is 0. The van der Waals surface area contributed by atoms with Gasteiger partial charge in [0.25, 0.3) is 0 Å². The Morgan fingerprint density at radius 3 is 3.00 bits per heavy atom. The van der Waals surface area contributed by atoms with Crippen LogP contribution in [0, 0.1) is 11.3 Å². The molecule has 0 saturated carbocycles. The summed E-state index contributed by atoms with van der Waals surface area (Å²) in [5.41, 5.74) is 0. The van der Waals surface area contributed by atoms with Gasteiger partial charge in [-0.05, 0) is 45.2 Å². The number of rotatable bonds is 6. The second-order valence-corrected chi connectivity index (χ2v) is 3.79. The molecule has 0 aliphatic carbocycles. The summed E-state index contributed by atoms with van der Waals surface area (Å²) in [6.45, 7) is 2.93. The normalized spacial score (nSPS) is 21.8. The molecule has 3 nitrogen and oxygen atoms in total. The molecule has 0 bridgehead atoms. The maximum absolute atomic E-state index is 8.33. The molecule has 0 radical (unpaired) electrons. The van der Waals surface area contributed by atoms with Crippen LogP contribution in [-0.4, -0.2) is 25.8 Å². The fraction of sp³-hybridized carbons (Fsp3) is 0.909. The Bertz CT molecular complexity index is 171. The summed E-state index contributed by atoms with van der Waals surface area (Å²) in [6, 6.07) is 2.14. The first kappa shape index (κ1) is 11.5. The van der Waals surface area contributed by atoms with Gasteiger partial charge in [-0.25, -0.2) is 0 Å². The lowest BCUT2D eigenvalue weighted by atomic mass is 10.1. The van der Waals surface area contributed by atoms with Gasteiger partial charge in [0.05, 0.1) is 12.2 Å². The third kappa shape index (κ3) is 5.21. The lowest BCUT2D eigenvalue weighted by Crippen LogP contribution is -2.25. The van der Waals surface area contributed by atoms with Crippen molar-refractivity contribution in [3.05, 3.63) is 0 Å². The van der Waals surface area contributed by atoms with Crippen LogP contribution in [0.25, 0.3) is 0 Å². The Kier molecular flexibility index (Phi) is 6.38. The van der Waals surface area contributed by atoms with Crippen LogP contribution in [0.15, 0.2) is 0 Å². The maximum atomic E-state index is 8.33. The average molecular weight is 196 g/mol. The van der Waals surface area contributed by atoms with Gasteiger partial charge >= 0.3 is 0 Å². The van der Waals surface area contributed by atoms with E-state index in [2.05, 4.69) is 11.4 Å². The van der Waals surface area contributed by atoms with Gasteiger partial charge in [0, 0.05) is 13.0 Å². The molecule has 80 valence electrons. The molecule has 0 aromatic rings. The van der Waals surface area contributed by atoms with E-state index in [0.717, 1.165) is 32.5 Å². The summed E-state index contributed by atoms with van der Waals surface area (Å²) in [5, 5.41) is 11.7. The Morgan fingerprint density at radius 1 is 1.36 bits per heavy atom. The highest BCUT2D eigenvalue weighted by Gasteiger charge is 2.12. The van der Waals surface area contributed by atoms with E-state index >= 15 is 0 Å². The summed E-state index contributed by atoms with van der Waals surface area (Å²) in [4.78, 5) is 0. The molecule has 1 fully saturated rings. The summed E-state index contributed by atoms with van der Waals surface area (Å²) in [5.74, 6) is 0. The molecule has 3 heteroatoms. The molecule has 0 aromatic heterocycles. The van der Waals surface area contributed by atoms with Crippen LogP contribution in [0.5, 0.6) is 0 Å². The van der Waals surface area contributed by atoms with Crippen LogP contribution in [0.4, 0.5) is 0 Å². The molecule has 0 spiro atoms. The smallest absolute Gasteiger partial charge is 0.0622 e. The minimum atomic E-state index is 0.479. The molecular weight excluding hydrogens is 176 g/mol. The van der Waals surface area contributed by atoms with E-state index in [9.17, 15) is 0 Å². The third-order valence-electron chi connectivity index (χ3n) is 2.56. The van der Waals surface area contributed by atoms with Crippen molar-refractivity contribution < 1.29 is 4.74 Å². The molecule has 1 unspecified atom stereocenters. The van der Waals surface area contributed by atoms with E-state index in [1.807, 2.05) is 0 Å². The first-order valence-corrected chi connectivity index (χ1v) is 5.63. The molecule has 1 aliphatic rings. The zero-order valence-corrected chi connectivity index (χ0v) is 8.80. The standard InChI is InChI=1S/C11H20N2O/c12-7-2-3-8-13-9-6-11-5-1-4-10-14-11/h11,13H,1-6,8-10H2. The van der Waals surface area contributed by atoms with Gasteiger partial charge in [0.1, 0.15) is 0 Å². The molecular formula is C11H20N2O. The maximum Gasteiger partial charge on any atom is 0.0622 e. The third-order valence-corrected chi connectivity index (χ3v) is 2.56. The van der Waals surface area contributed by atoms with Crippen LogP contribution >= 0.6 is 0 Å². The quantitative estimate of drug-likeness (QED) is 0.659. The van der Waals surface area contributed by atoms with Crippen molar-refractivity contribution in [1.82, 2.24) is 5.32 Å². The van der Waals surface area contributed by atoms with Gasteiger partial charge in [-0.3, -0.25) is 0 Å². The lowest BCUT2D eigenvalue weighted by molar-refractivity contribution is 0.0116. The van der Waals surface area contributed by atoms with E-state index in [4.69, 9.17) is 10.00 Å². The summed E-state index contributed by atoms with van der Waals surface area (Å²) in [6.07, 6.45) is 6.99. The van der Waals surface area contributed by atoms with E-state index in [-0.39, 0.29) is 0 Å². The minimum absolute atomic E-state index is 0.479. The van der Waals surface area contributed by atoms with Crippen molar-refractivity contribution in [2.24, 2.45) is 0 Å². The van der Waals surface area contributed by atoms with E-state index < -0.39 is 0 Å². The predicted molar refractivity (Wildman–Crippen MR) is 55.9 cm³/mol. The largest absolute Gasteiger partial charge is 0.378 e. The topological polar surface area (TPSA) is 45.0 Å². The van der Waals surface area contributed by atoms with Crippen LogP contribution in [0.1, 0.15) is 38.5 Å². The summed E-state index contributed by atoms with van der Waals surface area (Å²) in [7, 11) is 0. The van der Waals surface area contributed by atoms with Crippen LogP contribution < -0.4 is 5.32 Å². The highest BCUT2D eigenvalue weighted by molar-refractivity contribution is 4.69. The molecule has 1 atom stereocenters. The van der Waals surface area contributed by atoms with Crippen molar-refractivity contribution in [3.8, 4) is 6.07 Å². The molecule has 1 aliphatic heterocycles. The average Bonchev–Trinajstić information content (AvgIpc) is 2.25. The van der Waals surface area contributed by atoms with Gasteiger partial charge in [0.15, 0.2) is 0 Å². The van der Waals surface area contributed by atoms with Gasteiger partial charge < -0.3 is 10.1 Å². The highest BCUT2D eigenvalue weighted by Crippen LogP contribution is 2.14. The van der Waals surface area contributed by atoms with Crippen LogP contribution in [0.2, 0.25) is 0 Å². The molecule has 1 saturated heterocycles. The fourth-order valence-corrected chi connectivity index (χ4v) is 1.72. The van der Waals surface area contributed by atoms with E-state index in [1.165, 1.54) is 19.3 Å². The highest BCUT2D eigenvalue weighted by atomic mass is 16.5. The number of hydrogen-bond acceptors (Lipinski definition) is 3. The van der Waals surface area contributed by atoms with Crippen molar-refractivity contribution in [2.75, 3.05) is 19.7 Å². The second-order valence-electron chi connectivity index (χ2n) is 3.79. The first-order chi connectivity index (χ1) is 6.93. The molecule has 0 amide bonds. The monoisotopic (exact) mass is 196 g/mol. The SMILES string of the molecule is N#CCCCNCCC1CCCCO1. The van der Waals surface area contributed by atoms with Crippen molar-refractivity contribution in [1.29, 1.82) is 5.26 Å². The summed E-state index contributed by atoms with van der Waals surface area (Å²) < 4.78 is 5.61. The van der Waals surface area contributed by atoms with Gasteiger partial charge in [0.2, 0.25) is 0 Å². The number of unbranched alkanes of at least 4 members (excludes halogenated alkanes) is 1. The molecule has 1 N–H and O–H groups in total. The second kappa shape index (κ2) is 7.78. The predicted octanol–water partition coefficient (Wildman–Crippen LogP) is 1.84. The van der Waals surface area contributed by atoms with Crippen LogP contribution in [0.3, 0.4) is 0 Å². The number of nitriles is 1. The Morgan fingerprint density at radius 2 is 2.29 bits per heavy atom. The number of hydrogen-bond donors (Lipinski definition) is 1. The Labute approximate surface area is 86.4 Å². The Hall–Kier alpha value is -0.590. The zero-order chi connectivity index (χ0) is 10.1. The van der Waals surface area contributed by atoms with Crippen molar-refractivity contribution >= 4 is 0 Å². The van der Waals surface area contributed by atoms with Gasteiger partial charge in [-0.1, -0.05) is 0 Å². The van der Waals surface area contributed by atoms with E-state index in [1.54, 1.807) is 0 Å². The number of nitrogens with zero attached hydrogens (tertiary/aromatic N) is 1. The molecule has 1 rings (SSSR count). The molecule has 0 aromatic carbocycles. The van der Waals surface area contributed by atoms with E-state index in [0.29, 0.717) is 12.5 Å². The minimum Gasteiger partial charge on any atom is -0.378 e. The van der Waals surface area contributed by atoms with Crippen molar-refractivity contribution in [3.63, 3.8) is 0 Å². The fourth-order valence-electron chi connectivity index (χ4n) is 1.72. The number of ether oxygens (including phenoxy) is 1. The lowest BCUT2D eigenvalue weighted by Gasteiger charge is -2.22. The molecule has 1 heterocycles. The Balaban J connectivity index is 1.85. The molecule has 14 heavy (non-hydrogen) atoms. The van der Waals surface area contributed by atoms with Gasteiger partial charge in [-0.2, -0.15) is 5.26 Å². The zero-order valence-electron chi connectivity index (χ0n) is 8.80.